The zero-order chi connectivity index (χ0) is 15.0. The summed E-state index contributed by atoms with van der Waals surface area (Å²) in [5.41, 5.74) is 7.83. The van der Waals surface area contributed by atoms with Crippen molar-refractivity contribution in [2.45, 2.75) is 25.8 Å². The fraction of sp³-hybridized carbons (Fsp3) is 0.533. The van der Waals surface area contributed by atoms with Gasteiger partial charge >= 0.3 is 0 Å². The van der Waals surface area contributed by atoms with Gasteiger partial charge in [0.1, 0.15) is 0 Å². The first-order chi connectivity index (χ1) is 10.0. The lowest BCUT2D eigenvalue weighted by Gasteiger charge is -2.29. The van der Waals surface area contributed by atoms with Gasteiger partial charge in [-0.25, -0.2) is 4.98 Å². The van der Waals surface area contributed by atoms with E-state index in [1.165, 1.54) is 25.9 Å². The third kappa shape index (κ3) is 3.12. The summed E-state index contributed by atoms with van der Waals surface area (Å²) in [6, 6.07) is 3.64. The number of nitrogen functional groups attached to an aromatic ring is 1. The smallest absolute Gasteiger partial charge is 0.201 e. The number of piperidine rings is 1. The molecule has 1 aliphatic heterocycles. The van der Waals surface area contributed by atoms with Crippen LogP contribution in [0.15, 0.2) is 12.1 Å². The summed E-state index contributed by atoms with van der Waals surface area (Å²) in [5, 5.41) is 1.06. The van der Waals surface area contributed by atoms with E-state index >= 15 is 0 Å². The van der Waals surface area contributed by atoms with Gasteiger partial charge in [0.05, 0.1) is 21.1 Å². The maximum atomic E-state index is 6.11. The van der Waals surface area contributed by atoms with E-state index in [2.05, 4.69) is 21.5 Å². The first kappa shape index (κ1) is 14.9. The third-order valence-electron chi connectivity index (χ3n) is 4.42. The van der Waals surface area contributed by atoms with E-state index in [0.717, 1.165) is 29.9 Å². The Labute approximate surface area is 134 Å². The van der Waals surface area contributed by atoms with Gasteiger partial charge in [-0.3, -0.25) is 0 Å². The van der Waals surface area contributed by atoms with Gasteiger partial charge in [0.2, 0.25) is 5.95 Å². The van der Waals surface area contributed by atoms with Crippen molar-refractivity contribution in [3.63, 3.8) is 0 Å². The highest BCUT2D eigenvalue weighted by Crippen LogP contribution is 2.30. The molecule has 1 aromatic carbocycles. The Kier molecular flexibility index (Phi) is 4.29. The van der Waals surface area contributed by atoms with Crippen LogP contribution in [0.25, 0.3) is 11.0 Å². The molecule has 0 amide bonds. The van der Waals surface area contributed by atoms with Crippen molar-refractivity contribution in [1.29, 1.82) is 0 Å². The molecule has 0 unspecified atom stereocenters. The second kappa shape index (κ2) is 6.03. The van der Waals surface area contributed by atoms with Crippen LogP contribution in [0.5, 0.6) is 0 Å². The topological polar surface area (TPSA) is 47.1 Å². The largest absolute Gasteiger partial charge is 0.369 e. The number of imidazole rings is 1. The lowest BCUT2D eigenvalue weighted by atomic mass is 9.94. The van der Waals surface area contributed by atoms with Crippen LogP contribution >= 0.6 is 23.2 Å². The Balaban J connectivity index is 1.77. The van der Waals surface area contributed by atoms with Gasteiger partial charge in [-0.2, -0.15) is 0 Å². The average molecular weight is 327 g/mol. The number of nitrogens with zero attached hydrogens (tertiary/aromatic N) is 3. The highest BCUT2D eigenvalue weighted by atomic mass is 35.5. The fourth-order valence-corrected chi connectivity index (χ4v) is 3.35. The zero-order valence-corrected chi connectivity index (χ0v) is 13.7. The van der Waals surface area contributed by atoms with Gasteiger partial charge < -0.3 is 15.2 Å². The Bertz CT molecular complexity index is 645. The average Bonchev–Trinajstić information content (AvgIpc) is 2.74. The van der Waals surface area contributed by atoms with Crippen molar-refractivity contribution < 1.29 is 0 Å². The highest BCUT2D eigenvalue weighted by molar-refractivity contribution is 6.42. The van der Waals surface area contributed by atoms with Crippen molar-refractivity contribution in [3.05, 3.63) is 22.2 Å². The van der Waals surface area contributed by atoms with Gasteiger partial charge in [-0.1, -0.05) is 23.2 Å². The first-order valence-corrected chi connectivity index (χ1v) is 8.09. The predicted octanol–water partition coefficient (Wildman–Crippen LogP) is 3.66. The van der Waals surface area contributed by atoms with Crippen LogP contribution in [0.2, 0.25) is 10.0 Å². The van der Waals surface area contributed by atoms with E-state index in [1.54, 1.807) is 6.07 Å². The standard InChI is InChI=1S/C15H20Cl2N4/c1-20-5-2-10(3-6-20)4-7-21-14-9-12(17)11(16)8-13(14)19-15(21)18/h8-10H,2-7H2,1H3,(H2,18,19). The quantitative estimate of drug-likeness (QED) is 0.936. The summed E-state index contributed by atoms with van der Waals surface area (Å²) in [6.07, 6.45) is 3.65. The molecule has 0 radical (unpaired) electrons. The number of aryl methyl sites for hydroxylation is 1. The van der Waals surface area contributed by atoms with E-state index in [1.807, 2.05) is 6.07 Å². The van der Waals surface area contributed by atoms with Crippen LogP contribution in [0.4, 0.5) is 5.95 Å². The Morgan fingerprint density at radius 2 is 1.90 bits per heavy atom. The number of fused-ring (bicyclic) bond motifs is 1. The Morgan fingerprint density at radius 1 is 1.24 bits per heavy atom. The predicted molar refractivity (Wildman–Crippen MR) is 89.0 cm³/mol. The summed E-state index contributed by atoms with van der Waals surface area (Å²) in [6.45, 7) is 3.26. The molecule has 1 fully saturated rings. The van der Waals surface area contributed by atoms with Crippen LogP contribution in [0.3, 0.4) is 0 Å². The molecule has 3 rings (SSSR count). The molecule has 2 N–H and O–H groups in total. The molecule has 0 atom stereocenters. The molecular weight excluding hydrogens is 307 g/mol. The van der Waals surface area contributed by atoms with E-state index in [9.17, 15) is 0 Å². The molecule has 4 nitrogen and oxygen atoms in total. The molecule has 1 aliphatic rings. The van der Waals surface area contributed by atoms with Gasteiger partial charge in [0, 0.05) is 6.54 Å². The Hall–Kier alpha value is -0.970. The SMILES string of the molecule is CN1CCC(CCn2c(N)nc3cc(Cl)c(Cl)cc32)CC1. The molecule has 2 aromatic rings. The molecule has 0 spiro atoms. The monoisotopic (exact) mass is 326 g/mol. The number of hydrogen-bond acceptors (Lipinski definition) is 3. The lowest BCUT2D eigenvalue weighted by Crippen LogP contribution is -2.30. The first-order valence-electron chi connectivity index (χ1n) is 7.34. The number of benzene rings is 1. The second-order valence-corrected chi connectivity index (χ2v) is 6.73. The van der Waals surface area contributed by atoms with Crippen molar-refractivity contribution >= 4 is 40.2 Å². The molecule has 6 heteroatoms. The van der Waals surface area contributed by atoms with Crippen LogP contribution in [-0.4, -0.2) is 34.6 Å². The van der Waals surface area contributed by atoms with Gasteiger partial charge in [-0.05, 0) is 57.5 Å². The lowest BCUT2D eigenvalue weighted by molar-refractivity contribution is 0.208. The van der Waals surface area contributed by atoms with Crippen molar-refractivity contribution in [1.82, 2.24) is 14.5 Å². The number of halogens is 2. The molecule has 0 saturated carbocycles. The van der Waals surface area contributed by atoms with Crippen LogP contribution < -0.4 is 5.73 Å². The number of nitrogens with two attached hydrogens (primary N) is 1. The van der Waals surface area contributed by atoms with Gasteiger partial charge in [0.25, 0.3) is 0 Å². The summed E-state index contributed by atoms with van der Waals surface area (Å²) in [4.78, 5) is 6.77. The van der Waals surface area contributed by atoms with Crippen molar-refractivity contribution in [3.8, 4) is 0 Å². The number of anilines is 1. The molecule has 1 saturated heterocycles. The minimum atomic E-state index is 0.518. The summed E-state index contributed by atoms with van der Waals surface area (Å²) in [7, 11) is 2.18. The molecule has 114 valence electrons. The van der Waals surface area contributed by atoms with E-state index in [-0.39, 0.29) is 0 Å². The van der Waals surface area contributed by atoms with E-state index in [4.69, 9.17) is 28.9 Å². The summed E-state index contributed by atoms with van der Waals surface area (Å²) >= 11 is 12.1. The molecular formula is C15H20Cl2N4. The molecule has 1 aromatic heterocycles. The minimum absolute atomic E-state index is 0.518. The molecule has 0 bridgehead atoms. The summed E-state index contributed by atoms with van der Waals surface area (Å²) < 4.78 is 2.05. The zero-order valence-electron chi connectivity index (χ0n) is 12.1. The minimum Gasteiger partial charge on any atom is -0.369 e. The number of rotatable bonds is 3. The van der Waals surface area contributed by atoms with Crippen LogP contribution in [-0.2, 0) is 6.54 Å². The van der Waals surface area contributed by atoms with Gasteiger partial charge in [-0.15, -0.1) is 0 Å². The molecule has 2 heterocycles. The van der Waals surface area contributed by atoms with Crippen LogP contribution in [0.1, 0.15) is 19.3 Å². The normalized spacial score (nSPS) is 17.7. The maximum Gasteiger partial charge on any atom is 0.201 e. The number of likely N-dealkylation sites (tertiary alicyclic amines) is 1. The molecule has 21 heavy (non-hydrogen) atoms. The number of aromatic nitrogens is 2. The van der Waals surface area contributed by atoms with Crippen molar-refractivity contribution in [2.75, 3.05) is 25.9 Å². The Morgan fingerprint density at radius 3 is 2.62 bits per heavy atom. The highest BCUT2D eigenvalue weighted by Gasteiger charge is 2.18. The van der Waals surface area contributed by atoms with E-state index < -0.39 is 0 Å². The van der Waals surface area contributed by atoms with Gasteiger partial charge in [0.15, 0.2) is 0 Å². The van der Waals surface area contributed by atoms with E-state index in [0.29, 0.717) is 16.0 Å². The summed E-state index contributed by atoms with van der Waals surface area (Å²) in [5.74, 6) is 1.30. The third-order valence-corrected chi connectivity index (χ3v) is 5.14. The number of hydrogen-bond donors (Lipinski definition) is 1. The molecule has 0 aliphatic carbocycles. The van der Waals surface area contributed by atoms with Crippen LogP contribution in [0, 0.1) is 5.92 Å². The van der Waals surface area contributed by atoms with Crippen molar-refractivity contribution in [2.24, 2.45) is 5.92 Å². The maximum absolute atomic E-state index is 6.11. The second-order valence-electron chi connectivity index (χ2n) is 5.91. The fourth-order valence-electron chi connectivity index (χ4n) is 3.04.